The zero-order valence-electron chi connectivity index (χ0n) is 18.5. The molecule has 28 heavy (non-hydrogen) atoms. The van der Waals surface area contributed by atoms with E-state index in [1.54, 1.807) is 4.90 Å². The molecule has 0 aromatic carbocycles. The van der Waals surface area contributed by atoms with Crippen molar-refractivity contribution < 1.29 is 9.53 Å². The van der Waals surface area contributed by atoms with Crippen molar-refractivity contribution in [2.24, 2.45) is 4.99 Å². The lowest BCUT2D eigenvalue weighted by Gasteiger charge is -2.40. The normalized spacial score (nSPS) is 20.0. The molecule has 2 N–H and O–H groups in total. The molecule has 162 valence electrons. The zero-order valence-corrected chi connectivity index (χ0v) is 18.5. The second-order valence-electron chi connectivity index (χ2n) is 8.84. The molecule has 2 saturated heterocycles. The van der Waals surface area contributed by atoms with Crippen molar-refractivity contribution in [2.45, 2.75) is 52.2 Å². The van der Waals surface area contributed by atoms with E-state index in [4.69, 9.17) is 9.73 Å². The van der Waals surface area contributed by atoms with Crippen LogP contribution < -0.4 is 10.6 Å². The van der Waals surface area contributed by atoms with Crippen molar-refractivity contribution in [1.82, 2.24) is 25.3 Å². The van der Waals surface area contributed by atoms with Gasteiger partial charge in [-0.15, -0.1) is 0 Å². The molecule has 2 aliphatic heterocycles. The van der Waals surface area contributed by atoms with Crippen LogP contribution >= 0.6 is 0 Å². The van der Waals surface area contributed by atoms with Gasteiger partial charge >= 0.3 is 6.09 Å². The summed E-state index contributed by atoms with van der Waals surface area (Å²) < 4.78 is 5.40. The molecule has 0 unspecified atom stereocenters. The standard InChI is InChI=1S/C20H40N6O2/c1-6-21-18(22-9-7-8-10-25-13-11-24(5)12-14-25)23-17-15-26(16-17)19(27)28-20(2,3)4/h17H,6-16H2,1-5H3,(H2,21,22,23). The van der Waals surface area contributed by atoms with Crippen LogP contribution in [0.15, 0.2) is 4.99 Å². The van der Waals surface area contributed by atoms with Crippen molar-refractivity contribution in [1.29, 1.82) is 0 Å². The van der Waals surface area contributed by atoms with Crippen molar-refractivity contribution in [3.8, 4) is 0 Å². The highest BCUT2D eigenvalue weighted by molar-refractivity contribution is 5.80. The first kappa shape index (κ1) is 22.7. The Bertz CT molecular complexity index is 505. The lowest BCUT2D eigenvalue weighted by atomic mass is 10.1. The average Bonchev–Trinajstić information content (AvgIpc) is 2.57. The largest absolute Gasteiger partial charge is 0.444 e. The number of hydrogen-bond acceptors (Lipinski definition) is 5. The third-order valence-corrected chi connectivity index (χ3v) is 4.97. The zero-order chi connectivity index (χ0) is 20.6. The summed E-state index contributed by atoms with van der Waals surface area (Å²) in [5.74, 6) is 0.843. The van der Waals surface area contributed by atoms with E-state index in [0.717, 1.165) is 25.5 Å². The topological polar surface area (TPSA) is 72.4 Å². The maximum Gasteiger partial charge on any atom is 0.410 e. The summed E-state index contributed by atoms with van der Waals surface area (Å²) in [6.45, 7) is 16.6. The molecule has 0 radical (unpaired) electrons. The van der Waals surface area contributed by atoms with E-state index < -0.39 is 5.60 Å². The number of carbonyl (C=O) groups excluding carboxylic acids is 1. The number of likely N-dealkylation sites (N-methyl/N-ethyl adjacent to an activating group) is 1. The predicted molar refractivity (Wildman–Crippen MR) is 114 cm³/mol. The van der Waals surface area contributed by atoms with E-state index in [2.05, 4.69) is 34.4 Å². The number of hydrogen-bond donors (Lipinski definition) is 2. The van der Waals surface area contributed by atoms with Crippen molar-refractivity contribution in [3.63, 3.8) is 0 Å². The molecule has 0 atom stereocenters. The molecule has 2 fully saturated rings. The van der Waals surface area contributed by atoms with Crippen LogP contribution in [-0.2, 0) is 4.74 Å². The van der Waals surface area contributed by atoms with E-state index in [0.29, 0.717) is 13.1 Å². The van der Waals surface area contributed by atoms with Gasteiger partial charge in [-0.3, -0.25) is 4.99 Å². The first-order chi connectivity index (χ1) is 13.3. The maximum atomic E-state index is 12.0. The van der Waals surface area contributed by atoms with Crippen LogP contribution in [0.3, 0.4) is 0 Å². The fraction of sp³-hybridized carbons (Fsp3) is 0.900. The van der Waals surface area contributed by atoms with Gasteiger partial charge in [-0.2, -0.15) is 0 Å². The molecule has 0 aliphatic carbocycles. The lowest BCUT2D eigenvalue weighted by molar-refractivity contribution is 0.00701. The number of piperazine rings is 1. The van der Waals surface area contributed by atoms with Crippen LogP contribution in [0.25, 0.3) is 0 Å². The van der Waals surface area contributed by atoms with Gasteiger partial charge in [0.15, 0.2) is 5.96 Å². The average molecular weight is 397 g/mol. The van der Waals surface area contributed by atoms with Crippen LogP contribution in [0.1, 0.15) is 40.5 Å². The van der Waals surface area contributed by atoms with E-state index in [1.165, 1.54) is 39.1 Å². The second-order valence-corrected chi connectivity index (χ2v) is 8.84. The molecule has 2 rings (SSSR count). The van der Waals surface area contributed by atoms with Gasteiger partial charge in [-0.05, 0) is 54.1 Å². The first-order valence-electron chi connectivity index (χ1n) is 10.7. The fourth-order valence-electron chi connectivity index (χ4n) is 3.27. The molecule has 1 amide bonds. The van der Waals surface area contributed by atoms with E-state index >= 15 is 0 Å². The molecular weight excluding hydrogens is 356 g/mol. The second kappa shape index (κ2) is 10.9. The Morgan fingerprint density at radius 2 is 1.82 bits per heavy atom. The summed E-state index contributed by atoms with van der Waals surface area (Å²) >= 11 is 0. The number of nitrogens with zero attached hydrogens (tertiary/aromatic N) is 4. The van der Waals surface area contributed by atoms with Gasteiger partial charge in [0.25, 0.3) is 0 Å². The van der Waals surface area contributed by atoms with Crippen LogP contribution in [-0.4, -0.2) is 104 Å². The third kappa shape index (κ3) is 8.22. The smallest absolute Gasteiger partial charge is 0.410 e. The lowest BCUT2D eigenvalue weighted by Crippen LogP contribution is -2.63. The molecule has 0 aromatic heterocycles. The van der Waals surface area contributed by atoms with E-state index in [1.807, 2.05) is 20.8 Å². The molecule has 0 spiro atoms. The van der Waals surface area contributed by atoms with Crippen LogP contribution in [0, 0.1) is 0 Å². The number of unbranched alkanes of at least 4 members (excludes halogenated alkanes) is 1. The highest BCUT2D eigenvalue weighted by Crippen LogP contribution is 2.15. The van der Waals surface area contributed by atoms with Gasteiger partial charge in [-0.1, -0.05) is 0 Å². The summed E-state index contributed by atoms with van der Waals surface area (Å²) in [5, 5.41) is 6.72. The van der Waals surface area contributed by atoms with Gasteiger partial charge < -0.3 is 30.1 Å². The van der Waals surface area contributed by atoms with E-state index in [-0.39, 0.29) is 12.1 Å². The SMILES string of the molecule is CCNC(=NCCCCN1CCN(C)CC1)NC1CN(C(=O)OC(C)(C)C)C1. The molecule has 2 heterocycles. The summed E-state index contributed by atoms with van der Waals surface area (Å²) in [4.78, 5) is 23.4. The third-order valence-electron chi connectivity index (χ3n) is 4.97. The van der Waals surface area contributed by atoms with Gasteiger partial charge in [0.05, 0.1) is 6.04 Å². The van der Waals surface area contributed by atoms with Crippen LogP contribution in [0.2, 0.25) is 0 Å². The number of aliphatic imine (C=N–C) groups is 1. The minimum atomic E-state index is -0.448. The Morgan fingerprint density at radius 3 is 2.43 bits per heavy atom. The minimum Gasteiger partial charge on any atom is -0.444 e. The Morgan fingerprint density at radius 1 is 1.14 bits per heavy atom. The fourth-order valence-corrected chi connectivity index (χ4v) is 3.27. The Balaban J connectivity index is 1.62. The molecule has 8 heteroatoms. The number of nitrogens with one attached hydrogen (secondary N) is 2. The highest BCUT2D eigenvalue weighted by atomic mass is 16.6. The number of likely N-dealkylation sites (tertiary alicyclic amines) is 1. The van der Waals surface area contributed by atoms with Crippen LogP contribution in [0.5, 0.6) is 0 Å². The number of amides is 1. The number of carbonyl (C=O) groups is 1. The molecule has 0 saturated carbocycles. The summed E-state index contributed by atoms with van der Waals surface area (Å²) in [6, 6.07) is 0.232. The Hall–Kier alpha value is -1.54. The molecule has 0 aromatic rings. The molecule has 2 aliphatic rings. The maximum absolute atomic E-state index is 12.0. The molecular formula is C20H40N6O2. The molecule has 8 nitrogen and oxygen atoms in total. The van der Waals surface area contributed by atoms with Gasteiger partial charge in [0.2, 0.25) is 0 Å². The predicted octanol–water partition coefficient (Wildman–Crippen LogP) is 1.19. The van der Waals surface area contributed by atoms with E-state index in [9.17, 15) is 4.79 Å². The quantitative estimate of drug-likeness (QED) is 0.383. The van der Waals surface area contributed by atoms with Gasteiger partial charge in [0.1, 0.15) is 5.60 Å². The number of ether oxygens (including phenoxy) is 1. The first-order valence-corrected chi connectivity index (χ1v) is 10.7. The monoisotopic (exact) mass is 396 g/mol. The number of rotatable bonds is 7. The number of guanidine groups is 1. The Kier molecular flexibility index (Phi) is 8.82. The molecule has 0 bridgehead atoms. The van der Waals surface area contributed by atoms with Crippen molar-refractivity contribution in [3.05, 3.63) is 0 Å². The highest BCUT2D eigenvalue weighted by Gasteiger charge is 2.34. The Labute approximate surface area is 170 Å². The van der Waals surface area contributed by atoms with Crippen LogP contribution in [0.4, 0.5) is 4.79 Å². The van der Waals surface area contributed by atoms with Gasteiger partial charge in [0, 0.05) is 52.4 Å². The minimum absolute atomic E-state index is 0.232. The van der Waals surface area contributed by atoms with Crippen molar-refractivity contribution >= 4 is 12.1 Å². The summed E-state index contributed by atoms with van der Waals surface area (Å²) in [5.41, 5.74) is -0.448. The van der Waals surface area contributed by atoms with Crippen molar-refractivity contribution in [2.75, 3.05) is 66.0 Å². The van der Waals surface area contributed by atoms with Gasteiger partial charge in [-0.25, -0.2) is 4.79 Å². The summed E-state index contributed by atoms with van der Waals surface area (Å²) in [7, 11) is 2.19. The summed E-state index contributed by atoms with van der Waals surface area (Å²) in [6.07, 6.45) is 2.04.